The Morgan fingerprint density at radius 2 is 2.10 bits per heavy atom. The summed E-state index contributed by atoms with van der Waals surface area (Å²) in [6, 6.07) is 7.50. The van der Waals surface area contributed by atoms with Gasteiger partial charge < -0.3 is 15.1 Å². The number of oxazole rings is 1. The Balaban J connectivity index is 1.95. The van der Waals surface area contributed by atoms with Crippen LogP contribution < -0.4 is 10.6 Å². The van der Waals surface area contributed by atoms with Crippen molar-refractivity contribution in [2.75, 3.05) is 18.4 Å². The van der Waals surface area contributed by atoms with Crippen LogP contribution in [-0.4, -0.2) is 24.0 Å². The van der Waals surface area contributed by atoms with E-state index >= 15 is 0 Å². The third kappa shape index (κ3) is 3.68. The summed E-state index contributed by atoms with van der Waals surface area (Å²) in [5, 5.41) is 6.06. The fourth-order valence-corrected chi connectivity index (χ4v) is 1.80. The summed E-state index contributed by atoms with van der Waals surface area (Å²) in [6.45, 7) is 5.47. The summed E-state index contributed by atoms with van der Waals surface area (Å²) >= 11 is 0. The van der Waals surface area contributed by atoms with Crippen LogP contribution in [0.25, 0.3) is 11.3 Å². The third-order valence-electron chi connectivity index (χ3n) is 3.02. The summed E-state index contributed by atoms with van der Waals surface area (Å²) in [7, 11) is 0. The van der Waals surface area contributed by atoms with Gasteiger partial charge >= 0.3 is 0 Å². The molecule has 1 amide bonds. The maximum absolute atomic E-state index is 12.0. The van der Waals surface area contributed by atoms with Gasteiger partial charge in [0.15, 0.2) is 12.2 Å². The highest BCUT2D eigenvalue weighted by molar-refractivity contribution is 5.92. The molecule has 0 radical (unpaired) electrons. The number of hydrogen-bond acceptors (Lipinski definition) is 4. The predicted octanol–water partition coefficient (Wildman–Crippen LogP) is 2.53. The Morgan fingerprint density at radius 3 is 2.70 bits per heavy atom. The molecule has 1 aromatic carbocycles. The number of aromatic nitrogens is 1. The zero-order valence-electron chi connectivity index (χ0n) is 11.7. The smallest absolute Gasteiger partial charge is 0.228 e. The van der Waals surface area contributed by atoms with E-state index in [1.807, 2.05) is 38.1 Å². The number of nitrogens with zero attached hydrogens (tertiary/aromatic N) is 1. The maximum Gasteiger partial charge on any atom is 0.228 e. The molecule has 0 aliphatic heterocycles. The molecule has 0 spiro atoms. The summed E-state index contributed by atoms with van der Waals surface area (Å²) in [5.74, 6) is 0.658. The Bertz CT molecular complexity index is 535. The average Bonchev–Trinajstić information content (AvgIpc) is 2.99. The Kier molecular flexibility index (Phi) is 4.90. The van der Waals surface area contributed by atoms with Crippen molar-refractivity contribution >= 4 is 11.6 Å². The molecule has 1 heterocycles. The summed E-state index contributed by atoms with van der Waals surface area (Å²) in [5.41, 5.74) is 1.71. The van der Waals surface area contributed by atoms with Gasteiger partial charge in [0.1, 0.15) is 0 Å². The maximum atomic E-state index is 12.0. The molecule has 20 heavy (non-hydrogen) atoms. The topological polar surface area (TPSA) is 67.2 Å². The van der Waals surface area contributed by atoms with Gasteiger partial charge in [0.05, 0.1) is 6.20 Å². The molecule has 2 rings (SSSR count). The molecule has 1 aromatic heterocycles. The van der Waals surface area contributed by atoms with Crippen LogP contribution in [0, 0.1) is 5.92 Å². The first-order valence-corrected chi connectivity index (χ1v) is 6.71. The first-order valence-electron chi connectivity index (χ1n) is 6.71. The number of amides is 1. The molecule has 0 saturated carbocycles. The second kappa shape index (κ2) is 6.86. The number of benzene rings is 1. The molecule has 1 atom stereocenters. The van der Waals surface area contributed by atoms with Crippen molar-refractivity contribution in [3.8, 4) is 11.3 Å². The molecule has 2 aromatic rings. The van der Waals surface area contributed by atoms with Gasteiger partial charge in [-0.2, -0.15) is 0 Å². The van der Waals surface area contributed by atoms with Gasteiger partial charge in [0, 0.05) is 23.7 Å². The second-order valence-corrected chi connectivity index (χ2v) is 4.64. The van der Waals surface area contributed by atoms with Gasteiger partial charge in [-0.1, -0.05) is 13.8 Å². The number of anilines is 1. The summed E-state index contributed by atoms with van der Waals surface area (Å²) in [6.07, 6.45) is 3.06. The number of hydrogen-bond donors (Lipinski definition) is 2. The Labute approximate surface area is 118 Å². The summed E-state index contributed by atoms with van der Waals surface area (Å²) < 4.78 is 5.22. The van der Waals surface area contributed by atoms with E-state index in [1.165, 1.54) is 6.39 Å². The van der Waals surface area contributed by atoms with Crippen molar-refractivity contribution < 1.29 is 9.21 Å². The van der Waals surface area contributed by atoms with Crippen LogP contribution in [0.5, 0.6) is 0 Å². The SMILES string of the molecule is CCNCC(C)C(=O)Nc1ccc(-c2cnco2)cc1. The van der Waals surface area contributed by atoms with Gasteiger partial charge in [-0.3, -0.25) is 4.79 Å². The lowest BCUT2D eigenvalue weighted by atomic mass is 10.1. The van der Waals surface area contributed by atoms with Crippen molar-refractivity contribution in [1.82, 2.24) is 10.3 Å². The largest absolute Gasteiger partial charge is 0.444 e. The van der Waals surface area contributed by atoms with Crippen LogP contribution in [0.2, 0.25) is 0 Å². The first kappa shape index (κ1) is 14.3. The standard InChI is InChI=1S/C15H19N3O2/c1-3-16-8-11(2)15(19)18-13-6-4-12(5-7-13)14-9-17-10-20-14/h4-7,9-11,16H,3,8H2,1-2H3,(H,18,19). The molecule has 5 heteroatoms. The minimum absolute atomic E-state index is 0.0124. The second-order valence-electron chi connectivity index (χ2n) is 4.64. The van der Waals surface area contributed by atoms with Crippen molar-refractivity contribution in [2.24, 2.45) is 5.92 Å². The minimum atomic E-state index is -0.0658. The van der Waals surface area contributed by atoms with E-state index in [2.05, 4.69) is 15.6 Å². The monoisotopic (exact) mass is 273 g/mol. The number of rotatable bonds is 6. The lowest BCUT2D eigenvalue weighted by Gasteiger charge is -2.12. The molecule has 5 nitrogen and oxygen atoms in total. The average molecular weight is 273 g/mol. The predicted molar refractivity (Wildman–Crippen MR) is 78.3 cm³/mol. The number of carbonyl (C=O) groups is 1. The zero-order valence-corrected chi connectivity index (χ0v) is 11.7. The van der Waals surface area contributed by atoms with E-state index in [0.717, 1.165) is 17.8 Å². The van der Waals surface area contributed by atoms with E-state index in [9.17, 15) is 4.79 Å². The van der Waals surface area contributed by atoms with Crippen molar-refractivity contribution in [3.05, 3.63) is 36.9 Å². The van der Waals surface area contributed by atoms with Crippen molar-refractivity contribution in [3.63, 3.8) is 0 Å². The van der Waals surface area contributed by atoms with Gasteiger partial charge in [-0.15, -0.1) is 0 Å². The van der Waals surface area contributed by atoms with Gasteiger partial charge in [-0.25, -0.2) is 4.98 Å². The molecule has 106 valence electrons. The minimum Gasteiger partial charge on any atom is -0.444 e. The zero-order chi connectivity index (χ0) is 14.4. The third-order valence-corrected chi connectivity index (χ3v) is 3.02. The van der Waals surface area contributed by atoms with E-state index < -0.39 is 0 Å². The molecular weight excluding hydrogens is 254 g/mol. The first-order chi connectivity index (χ1) is 9.70. The number of nitrogens with one attached hydrogen (secondary N) is 2. The highest BCUT2D eigenvalue weighted by Gasteiger charge is 2.12. The van der Waals surface area contributed by atoms with E-state index in [-0.39, 0.29) is 11.8 Å². The van der Waals surface area contributed by atoms with Crippen LogP contribution in [0.4, 0.5) is 5.69 Å². The fraction of sp³-hybridized carbons (Fsp3) is 0.333. The summed E-state index contributed by atoms with van der Waals surface area (Å²) in [4.78, 5) is 15.8. The molecule has 0 aliphatic carbocycles. The Morgan fingerprint density at radius 1 is 1.35 bits per heavy atom. The van der Waals surface area contributed by atoms with Crippen LogP contribution in [0.15, 0.2) is 41.3 Å². The van der Waals surface area contributed by atoms with Crippen LogP contribution in [0.1, 0.15) is 13.8 Å². The highest BCUT2D eigenvalue weighted by atomic mass is 16.3. The van der Waals surface area contributed by atoms with Crippen LogP contribution >= 0.6 is 0 Å². The van der Waals surface area contributed by atoms with Crippen LogP contribution in [-0.2, 0) is 4.79 Å². The quantitative estimate of drug-likeness (QED) is 0.848. The molecule has 0 saturated heterocycles. The van der Waals surface area contributed by atoms with Gasteiger partial charge in [0.2, 0.25) is 5.91 Å². The molecular formula is C15H19N3O2. The van der Waals surface area contributed by atoms with Gasteiger partial charge in [0.25, 0.3) is 0 Å². The Hall–Kier alpha value is -2.14. The van der Waals surface area contributed by atoms with E-state index in [1.54, 1.807) is 6.20 Å². The lowest BCUT2D eigenvalue weighted by Crippen LogP contribution is -2.30. The fourth-order valence-electron chi connectivity index (χ4n) is 1.80. The molecule has 0 fully saturated rings. The van der Waals surface area contributed by atoms with E-state index in [4.69, 9.17) is 4.42 Å². The van der Waals surface area contributed by atoms with E-state index in [0.29, 0.717) is 12.3 Å². The van der Waals surface area contributed by atoms with Crippen LogP contribution in [0.3, 0.4) is 0 Å². The number of carbonyl (C=O) groups excluding carboxylic acids is 1. The van der Waals surface area contributed by atoms with Crippen molar-refractivity contribution in [1.29, 1.82) is 0 Å². The molecule has 0 bridgehead atoms. The lowest BCUT2D eigenvalue weighted by molar-refractivity contribution is -0.119. The van der Waals surface area contributed by atoms with Crippen molar-refractivity contribution in [2.45, 2.75) is 13.8 Å². The molecule has 2 N–H and O–H groups in total. The molecule has 1 unspecified atom stereocenters. The molecule has 0 aliphatic rings. The normalized spacial score (nSPS) is 12.1. The highest BCUT2D eigenvalue weighted by Crippen LogP contribution is 2.20. The van der Waals surface area contributed by atoms with Gasteiger partial charge in [-0.05, 0) is 30.8 Å².